The van der Waals surface area contributed by atoms with Gasteiger partial charge in [0.15, 0.2) is 0 Å². The van der Waals surface area contributed by atoms with Gasteiger partial charge in [-0.2, -0.15) is 0 Å². The monoisotopic (exact) mass is 368 g/mol. The van der Waals surface area contributed by atoms with Crippen LogP contribution in [-0.2, 0) is 0 Å². The van der Waals surface area contributed by atoms with Gasteiger partial charge in [0.1, 0.15) is 6.10 Å². The topological polar surface area (TPSA) is 46.9 Å². The predicted molar refractivity (Wildman–Crippen MR) is 108 cm³/mol. The molecule has 0 bridgehead atoms. The van der Waals surface area contributed by atoms with E-state index < -0.39 is 6.10 Å². The summed E-state index contributed by atoms with van der Waals surface area (Å²) in [6, 6.07) is 9.18. The van der Waals surface area contributed by atoms with Crippen LogP contribution in [0.2, 0.25) is 0 Å². The van der Waals surface area contributed by atoms with Crippen LogP contribution in [0.4, 0.5) is 0 Å². The summed E-state index contributed by atoms with van der Waals surface area (Å²) in [7, 11) is 0. The van der Waals surface area contributed by atoms with Crippen molar-refractivity contribution in [2.45, 2.75) is 56.7 Å². The van der Waals surface area contributed by atoms with E-state index in [-0.39, 0.29) is 12.6 Å². The maximum atomic E-state index is 10.0. The van der Waals surface area contributed by atoms with E-state index in [1.165, 1.54) is 44.3 Å². The lowest BCUT2D eigenvalue weighted by atomic mass is 9.74. The summed E-state index contributed by atoms with van der Waals surface area (Å²) < 4.78 is 0. The number of fused-ring (bicyclic) bond motifs is 1. The normalized spacial score (nSPS) is 30.3. The lowest BCUT2D eigenvalue weighted by molar-refractivity contribution is -0.0649. The Bertz CT molecular complexity index is 687. The Morgan fingerprint density at radius 3 is 2.56 bits per heavy atom. The second-order valence-corrected chi connectivity index (χ2v) is 8.56. The molecule has 2 N–H and O–H groups in total. The summed E-state index contributed by atoms with van der Waals surface area (Å²) in [6.45, 7) is 6.63. The molecule has 0 amide bonds. The molecular weight excluding hydrogens is 336 g/mol. The standard InChI is InChI=1S/C23H32N2O2/c1-17(27)4-5-18-8-10-20(11-9-18)23-21-15-24(14-19-6-7-19)12-2-3-13-25(21)22(23)16-26/h8-11,17,19,21-23,26-27H,2-3,6-7,12-16H2,1H3/t17-,21-,22-,23-/m0/s1. The molecule has 146 valence electrons. The fraction of sp³-hybridized carbons (Fsp3) is 0.652. The van der Waals surface area contributed by atoms with Crippen molar-refractivity contribution in [3.63, 3.8) is 0 Å². The summed E-state index contributed by atoms with van der Waals surface area (Å²) in [6.07, 6.45) is 4.71. The Hall–Kier alpha value is -1.38. The van der Waals surface area contributed by atoms with Crippen molar-refractivity contribution in [1.82, 2.24) is 9.80 Å². The fourth-order valence-electron chi connectivity index (χ4n) is 4.82. The van der Waals surface area contributed by atoms with Crippen LogP contribution in [-0.4, -0.2) is 71.0 Å². The smallest absolute Gasteiger partial charge is 0.112 e. The molecule has 1 aliphatic carbocycles. The highest BCUT2D eigenvalue weighted by Crippen LogP contribution is 2.42. The molecule has 3 aliphatic rings. The maximum absolute atomic E-state index is 10.0. The largest absolute Gasteiger partial charge is 0.395 e. The van der Waals surface area contributed by atoms with Gasteiger partial charge in [-0.3, -0.25) is 4.90 Å². The molecule has 4 heteroatoms. The zero-order valence-electron chi connectivity index (χ0n) is 16.3. The second-order valence-electron chi connectivity index (χ2n) is 8.56. The molecule has 3 fully saturated rings. The first-order valence-corrected chi connectivity index (χ1v) is 10.5. The van der Waals surface area contributed by atoms with Crippen LogP contribution in [0.5, 0.6) is 0 Å². The third-order valence-corrected chi connectivity index (χ3v) is 6.39. The minimum atomic E-state index is -0.601. The Balaban J connectivity index is 1.50. The predicted octanol–water partition coefficient (Wildman–Crippen LogP) is 2.05. The molecule has 2 aliphatic heterocycles. The summed E-state index contributed by atoms with van der Waals surface area (Å²) in [4.78, 5) is 5.22. The van der Waals surface area contributed by atoms with Gasteiger partial charge in [0.05, 0.1) is 6.61 Å². The molecule has 4 atom stereocenters. The van der Waals surface area contributed by atoms with Crippen molar-refractivity contribution in [3.8, 4) is 11.8 Å². The number of hydrogen-bond acceptors (Lipinski definition) is 4. The molecular formula is C23H32N2O2. The molecule has 4 nitrogen and oxygen atoms in total. The van der Waals surface area contributed by atoms with Gasteiger partial charge in [0, 0.05) is 36.7 Å². The van der Waals surface area contributed by atoms with Crippen molar-refractivity contribution >= 4 is 0 Å². The third-order valence-electron chi connectivity index (χ3n) is 6.39. The third kappa shape index (κ3) is 4.38. The lowest BCUT2D eigenvalue weighted by Gasteiger charge is -2.57. The molecule has 27 heavy (non-hydrogen) atoms. The van der Waals surface area contributed by atoms with Gasteiger partial charge in [-0.15, -0.1) is 0 Å². The number of aliphatic hydroxyl groups excluding tert-OH is 2. The first-order valence-electron chi connectivity index (χ1n) is 10.5. The van der Waals surface area contributed by atoms with Crippen molar-refractivity contribution < 1.29 is 10.2 Å². The van der Waals surface area contributed by atoms with Crippen LogP contribution in [0.15, 0.2) is 24.3 Å². The van der Waals surface area contributed by atoms with Gasteiger partial charge in [0.25, 0.3) is 0 Å². The second kappa shape index (κ2) is 8.32. The van der Waals surface area contributed by atoms with Crippen molar-refractivity contribution in [1.29, 1.82) is 0 Å². The summed E-state index contributed by atoms with van der Waals surface area (Å²) in [5, 5.41) is 19.4. The summed E-state index contributed by atoms with van der Waals surface area (Å²) >= 11 is 0. The van der Waals surface area contributed by atoms with Crippen molar-refractivity contribution in [2.24, 2.45) is 5.92 Å². The average molecular weight is 369 g/mol. The van der Waals surface area contributed by atoms with E-state index in [1.54, 1.807) is 6.92 Å². The zero-order valence-corrected chi connectivity index (χ0v) is 16.3. The highest BCUT2D eigenvalue weighted by atomic mass is 16.3. The van der Waals surface area contributed by atoms with E-state index >= 15 is 0 Å². The Morgan fingerprint density at radius 1 is 1.15 bits per heavy atom. The summed E-state index contributed by atoms with van der Waals surface area (Å²) in [5.74, 6) is 7.14. The summed E-state index contributed by atoms with van der Waals surface area (Å²) in [5.41, 5.74) is 2.24. The SMILES string of the molecule is C[C@H](O)C#Cc1ccc([C@@H]2[C@H](CO)N3CCCCN(CC4CC4)C[C@@H]23)cc1. The highest BCUT2D eigenvalue weighted by Gasteiger charge is 2.49. The van der Waals surface area contributed by atoms with E-state index in [2.05, 4.69) is 33.8 Å². The van der Waals surface area contributed by atoms with E-state index in [1.807, 2.05) is 12.1 Å². The molecule has 2 saturated heterocycles. The van der Waals surface area contributed by atoms with Crippen LogP contribution >= 0.6 is 0 Å². The van der Waals surface area contributed by atoms with Crippen molar-refractivity contribution in [2.75, 3.05) is 32.8 Å². The Morgan fingerprint density at radius 2 is 1.89 bits per heavy atom. The maximum Gasteiger partial charge on any atom is 0.112 e. The lowest BCUT2D eigenvalue weighted by Crippen LogP contribution is -2.67. The van der Waals surface area contributed by atoms with Gasteiger partial charge in [-0.25, -0.2) is 0 Å². The van der Waals surface area contributed by atoms with Crippen LogP contribution in [0.3, 0.4) is 0 Å². The van der Waals surface area contributed by atoms with E-state index in [0.29, 0.717) is 12.0 Å². The van der Waals surface area contributed by atoms with E-state index in [9.17, 15) is 10.2 Å². The molecule has 0 aromatic heterocycles. The number of nitrogens with zero attached hydrogens (tertiary/aromatic N) is 2. The van der Waals surface area contributed by atoms with Gasteiger partial charge in [-0.1, -0.05) is 24.0 Å². The first kappa shape index (κ1) is 19.0. The minimum absolute atomic E-state index is 0.230. The molecule has 0 radical (unpaired) electrons. The minimum Gasteiger partial charge on any atom is -0.395 e. The van der Waals surface area contributed by atoms with Gasteiger partial charge < -0.3 is 15.1 Å². The Kier molecular flexibility index (Phi) is 5.85. The zero-order chi connectivity index (χ0) is 18.8. The highest BCUT2D eigenvalue weighted by molar-refractivity contribution is 5.39. The van der Waals surface area contributed by atoms with Crippen LogP contribution < -0.4 is 0 Å². The molecule has 1 aromatic rings. The quantitative estimate of drug-likeness (QED) is 0.799. The fourth-order valence-corrected chi connectivity index (χ4v) is 4.82. The van der Waals surface area contributed by atoms with Crippen molar-refractivity contribution in [3.05, 3.63) is 35.4 Å². The van der Waals surface area contributed by atoms with Gasteiger partial charge in [0.2, 0.25) is 0 Å². The number of aliphatic hydroxyl groups is 2. The Labute approximate surface area is 163 Å². The number of benzene rings is 1. The van der Waals surface area contributed by atoms with Crippen LogP contribution in [0, 0.1) is 17.8 Å². The molecule has 1 saturated carbocycles. The average Bonchev–Trinajstić information content (AvgIpc) is 3.45. The number of rotatable bonds is 4. The number of hydrogen-bond donors (Lipinski definition) is 2. The molecule has 0 spiro atoms. The van der Waals surface area contributed by atoms with Gasteiger partial charge >= 0.3 is 0 Å². The van der Waals surface area contributed by atoms with Crippen LogP contribution in [0.25, 0.3) is 0 Å². The molecule has 2 heterocycles. The first-order chi connectivity index (χ1) is 13.2. The molecule has 1 aromatic carbocycles. The van der Waals surface area contributed by atoms with Gasteiger partial charge in [-0.05, 0) is 69.3 Å². The molecule has 4 rings (SSSR count). The van der Waals surface area contributed by atoms with Crippen LogP contribution in [0.1, 0.15) is 49.7 Å². The van der Waals surface area contributed by atoms with E-state index in [4.69, 9.17) is 0 Å². The van der Waals surface area contributed by atoms with E-state index in [0.717, 1.165) is 24.6 Å². The molecule has 0 unspecified atom stereocenters.